The van der Waals surface area contributed by atoms with Crippen LogP contribution in [-0.2, 0) is 21.2 Å². The number of nitrogens with one attached hydrogen (secondary N) is 2. The molecule has 1 amide bonds. The molecule has 0 saturated heterocycles. The SMILES string of the molecule is Cc1ccc(NC(=O)CCc2ccc(S(=O)(=O)N[C@@H](C)c3ccccc3)cc2)cc1C. The van der Waals surface area contributed by atoms with Crippen LogP contribution in [0.25, 0.3) is 0 Å². The van der Waals surface area contributed by atoms with E-state index in [0.717, 1.165) is 22.4 Å². The molecule has 3 aromatic rings. The van der Waals surface area contributed by atoms with Crippen LogP contribution in [-0.4, -0.2) is 14.3 Å². The molecule has 0 aliphatic rings. The van der Waals surface area contributed by atoms with E-state index in [1.54, 1.807) is 24.3 Å². The van der Waals surface area contributed by atoms with Crippen LogP contribution in [0.2, 0.25) is 0 Å². The predicted octanol–water partition coefficient (Wildman–Crippen LogP) is 4.91. The highest BCUT2D eigenvalue weighted by molar-refractivity contribution is 7.89. The van der Waals surface area contributed by atoms with Crippen molar-refractivity contribution >= 4 is 21.6 Å². The Morgan fingerprint density at radius 2 is 1.58 bits per heavy atom. The minimum atomic E-state index is -3.63. The maximum atomic E-state index is 12.7. The molecule has 0 bridgehead atoms. The largest absolute Gasteiger partial charge is 0.326 e. The number of rotatable bonds is 8. The van der Waals surface area contributed by atoms with Crippen molar-refractivity contribution in [3.63, 3.8) is 0 Å². The van der Waals surface area contributed by atoms with E-state index < -0.39 is 10.0 Å². The Labute approximate surface area is 184 Å². The van der Waals surface area contributed by atoms with Crippen molar-refractivity contribution in [2.75, 3.05) is 5.32 Å². The molecule has 31 heavy (non-hydrogen) atoms. The fraction of sp³-hybridized carbons (Fsp3) is 0.240. The van der Waals surface area contributed by atoms with E-state index in [-0.39, 0.29) is 16.8 Å². The Bertz CT molecular complexity index is 1140. The van der Waals surface area contributed by atoms with Crippen LogP contribution in [0.3, 0.4) is 0 Å². The normalized spacial score (nSPS) is 12.4. The van der Waals surface area contributed by atoms with Crippen LogP contribution in [0.5, 0.6) is 0 Å². The molecular weight excluding hydrogens is 408 g/mol. The second kappa shape index (κ2) is 9.90. The molecule has 0 unspecified atom stereocenters. The summed E-state index contributed by atoms with van der Waals surface area (Å²) in [5, 5.41) is 2.91. The van der Waals surface area contributed by atoms with Gasteiger partial charge in [-0.15, -0.1) is 0 Å². The molecule has 6 heteroatoms. The second-order valence-corrected chi connectivity index (χ2v) is 9.46. The third kappa shape index (κ3) is 6.26. The van der Waals surface area contributed by atoms with E-state index in [2.05, 4.69) is 10.0 Å². The first kappa shape index (κ1) is 22.7. The van der Waals surface area contributed by atoms with Gasteiger partial charge in [-0.3, -0.25) is 4.79 Å². The number of carbonyl (C=O) groups excluding carboxylic acids is 1. The number of hydrogen-bond donors (Lipinski definition) is 2. The van der Waals surface area contributed by atoms with E-state index >= 15 is 0 Å². The first-order valence-electron chi connectivity index (χ1n) is 10.3. The molecule has 5 nitrogen and oxygen atoms in total. The molecule has 0 aliphatic heterocycles. The van der Waals surface area contributed by atoms with Gasteiger partial charge < -0.3 is 5.32 Å². The van der Waals surface area contributed by atoms with E-state index in [4.69, 9.17) is 0 Å². The van der Waals surface area contributed by atoms with Gasteiger partial charge >= 0.3 is 0 Å². The van der Waals surface area contributed by atoms with Crippen LogP contribution in [0.1, 0.15) is 41.6 Å². The first-order chi connectivity index (χ1) is 14.7. The number of sulfonamides is 1. The van der Waals surface area contributed by atoms with E-state index in [1.807, 2.05) is 69.3 Å². The van der Waals surface area contributed by atoms with Gasteiger partial charge in [0.1, 0.15) is 0 Å². The van der Waals surface area contributed by atoms with Crippen molar-refractivity contribution < 1.29 is 13.2 Å². The number of amides is 1. The molecular formula is C25H28N2O3S. The second-order valence-electron chi connectivity index (χ2n) is 7.74. The maximum Gasteiger partial charge on any atom is 0.241 e. The topological polar surface area (TPSA) is 75.3 Å². The van der Waals surface area contributed by atoms with Crippen molar-refractivity contribution in [3.05, 3.63) is 95.1 Å². The van der Waals surface area contributed by atoms with Crippen LogP contribution in [0, 0.1) is 13.8 Å². The Kier molecular flexibility index (Phi) is 7.25. The smallest absolute Gasteiger partial charge is 0.241 e. The molecule has 0 aromatic heterocycles. The molecule has 0 heterocycles. The molecule has 1 atom stereocenters. The fourth-order valence-electron chi connectivity index (χ4n) is 3.25. The van der Waals surface area contributed by atoms with E-state index in [1.165, 1.54) is 5.56 Å². The lowest BCUT2D eigenvalue weighted by Gasteiger charge is -2.15. The van der Waals surface area contributed by atoms with Crippen LogP contribution < -0.4 is 10.0 Å². The lowest BCUT2D eigenvalue weighted by molar-refractivity contribution is -0.116. The summed E-state index contributed by atoms with van der Waals surface area (Å²) >= 11 is 0. The zero-order chi connectivity index (χ0) is 22.4. The standard InChI is InChI=1S/C25H28N2O3S/c1-18-9-13-23(17-19(18)2)26-25(28)16-12-21-10-14-24(15-11-21)31(29,30)27-20(3)22-7-5-4-6-8-22/h4-11,13-15,17,20,27H,12,16H2,1-3H3,(H,26,28)/t20-/m0/s1. The highest BCUT2D eigenvalue weighted by atomic mass is 32.2. The summed E-state index contributed by atoms with van der Waals surface area (Å²) in [6, 6.07) is 21.6. The van der Waals surface area contributed by atoms with Gasteiger partial charge in [-0.2, -0.15) is 0 Å². The third-order valence-corrected chi connectivity index (χ3v) is 6.85. The summed E-state index contributed by atoms with van der Waals surface area (Å²) in [5.74, 6) is -0.0710. The van der Waals surface area contributed by atoms with Gasteiger partial charge in [0.25, 0.3) is 0 Å². The molecule has 0 fully saturated rings. The Hall–Kier alpha value is -2.96. The van der Waals surface area contributed by atoms with E-state index in [0.29, 0.717) is 12.8 Å². The van der Waals surface area contributed by atoms with Gasteiger partial charge in [0.15, 0.2) is 0 Å². The van der Waals surface area contributed by atoms with Crippen molar-refractivity contribution in [1.82, 2.24) is 4.72 Å². The van der Waals surface area contributed by atoms with E-state index in [9.17, 15) is 13.2 Å². The Morgan fingerprint density at radius 1 is 0.903 bits per heavy atom. The zero-order valence-electron chi connectivity index (χ0n) is 18.1. The molecule has 3 rings (SSSR count). The van der Waals surface area contributed by atoms with Crippen molar-refractivity contribution in [1.29, 1.82) is 0 Å². The molecule has 3 aromatic carbocycles. The summed E-state index contributed by atoms with van der Waals surface area (Å²) in [6.07, 6.45) is 0.854. The fourth-order valence-corrected chi connectivity index (χ4v) is 4.48. The zero-order valence-corrected chi connectivity index (χ0v) is 18.9. The molecule has 0 saturated carbocycles. The average molecular weight is 437 g/mol. The summed E-state index contributed by atoms with van der Waals surface area (Å²) in [4.78, 5) is 12.5. The summed E-state index contributed by atoms with van der Waals surface area (Å²) in [6.45, 7) is 5.86. The van der Waals surface area contributed by atoms with Gasteiger partial charge in [-0.05, 0) is 73.7 Å². The number of aryl methyl sites for hydroxylation is 3. The maximum absolute atomic E-state index is 12.7. The summed E-state index contributed by atoms with van der Waals surface area (Å²) in [7, 11) is -3.63. The third-order valence-electron chi connectivity index (χ3n) is 5.30. The molecule has 2 N–H and O–H groups in total. The summed E-state index contributed by atoms with van der Waals surface area (Å²) in [5.41, 5.74) is 4.90. The lowest BCUT2D eigenvalue weighted by Crippen LogP contribution is -2.26. The minimum absolute atomic E-state index is 0.0710. The molecule has 0 radical (unpaired) electrons. The monoisotopic (exact) mass is 436 g/mol. The van der Waals surface area contributed by atoms with Crippen molar-refractivity contribution in [3.8, 4) is 0 Å². The van der Waals surface area contributed by atoms with Crippen LogP contribution >= 0.6 is 0 Å². The predicted molar refractivity (Wildman–Crippen MR) is 124 cm³/mol. The number of carbonyl (C=O) groups is 1. The van der Waals surface area contributed by atoms with Gasteiger partial charge in [0.2, 0.25) is 15.9 Å². The number of anilines is 1. The minimum Gasteiger partial charge on any atom is -0.326 e. The van der Waals surface area contributed by atoms with Crippen LogP contribution in [0.15, 0.2) is 77.7 Å². The Morgan fingerprint density at radius 3 is 2.23 bits per heavy atom. The van der Waals surface area contributed by atoms with Gasteiger partial charge in [0, 0.05) is 18.2 Å². The quantitative estimate of drug-likeness (QED) is 0.527. The van der Waals surface area contributed by atoms with Crippen LogP contribution in [0.4, 0.5) is 5.69 Å². The lowest BCUT2D eigenvalue weighted by atomic mass is 10.1. The molecule has 0 aliphatic carbocycles. The van der Waals surface area contributed by atoms with Crippen molar-refractivity contribution in [2.45, 2.75) is 44.6 Å². The highest BCUT2D eigenvalue weighted by Crippen LogP contribution is 2.18. The Balaban J connectivity index is 1.56. The molecule has 0 spiro atoms. The van der Waals surface area contributed by atoms with Gasteiger partial charge in [0.05, 0.1) is 4.90 Å². The van der Waals surface area contributed by atoms with Gasteiger partial charge in [-0.25, -0.2) is 13.1 Å². The van der Waals surface area contributed by atoms with Gasteiger partial charge in [-0.1, -0.05) is 48.5 Å². The molecule has 162 valence electrons. The first-order valence-corrected chi connectivity index (χ1v) is 11.8. The average Bonchev–Trinajstić information content (AvgIpc) is 2.75. The highest BCUT2D eigenvalue weighted by Gasteiger charge is 2.18. The number of benzene rings is 3. The summed E-state index contributed by atoms with van der Waals surface area (Å²) < 4.78 is 28.0. The number of hydrogen-bond acceptors (Lipinski definition) is 3. The van der Waals surface area contributed by atoms with Crippen molar-refractivity contribution in [2.24, 2.45) is 0 Å².